The summed E-state index contributed by atoms with van der Waals surface area (Å²) < 4.78 is 12.7. The van der Waals surface area contributed by atoms with Crippen LogP contribution in [0.1, 0.15) is 42.7 Å². The summed E-state index contributed by atoms with van der Waals surface area (Å²) in [5.74, 6) is 0.558. The van der Waals surface area contributed by atoms with Gasteiger partial charge >= 0.3 is 0 Å². The van der Waals surface area contributed by atoms with E-state index in [0.717, 1.165) is 57.4 Å². The van der Waals surface area contributed by atoms with Gasteiger partial charge in [0.15, 0.2) is 0 Å². The van der Waals surface area contributed by atoms with E-state index < -0.39 is 0 Å². The minimum atomic E-state index is -0.277. The third-order valence-corrected chi connectivity index (χ3v) is 5.72. The molecule has 0 aliphatic carbocycles. The van der Waals surface area contributed by atoms with Gasteiger partial charge in [-0.2, -0.15) is 5.26 Å². The third kappa shape index (κ3) is 5.21. The normalized spacial score (nSPS) is 20.2. The van der Waals surface area contributed by atoms with Crippen LogP contribution in [0, 0.1) is 11.3 Å². The van der Waals surface area contributed by atoms with Crippen molar-refractivity contribution in [3.05, 3.63) is 46.8 Å². The molecule has 1 aromatic rings. The van der Waals surface area contributed by atoms with Crippen molar-refractivity contribution in [3.63, 3.8) is 0 Å². The molecule has 0 saturated carbocycles. The van der Waals surface area contributed by atoms with Gasteiger partial charge in [0, 0.05) is 64.0 Å². The average Bonchev–Trinajstić information content (AvgIpc) is 2.91. The lowest BCUT2D eigenvalue weighted by molar-refractivity contribution is 0.158. The molecule has 1 saturated heterocycles. The van der Waals surface area contributed by atoms with Crippen LogP contribution in [0.3, 0.4) is 0 Å². The van der Waals surface area contributed by atoms with Gasteiger partial charge < -0.3 is 10.7 Å². The molecule has 6 heteroatoms. The van der Waals surface area contributed by atoms with Crippen LogP contribution in [0.5, 0.6) is 0 Å². The van der Waals surface area contributed by atoms with Gasteiger partial charge in [-0.25, -0.2) is 9.40 Å². The van der Waals surface area contributed by atoms with Crippen molar-refractivity contribution in [2.24, 2.45) is 0 Å². The summed E-state index contributed by atoms with van der Waals surface area (Å²) in [6.07, 6.45) is 4.07. The van der Waals surface area contributed by atoms with Gasteiger partial charge in [-0.1, -0.05) is 12.1 Å². The Kier molecular flexibility index (Phi) is 7.08. The maximum Gasteiger partial charge on any atom is 0.102 e. The second-order valence-electron chi connectivity index (χ2n) is 7.34. The first-order chi connectivity index (χ1) is 13.2. The molecule has 2 heterocycles. The Labute approximate surface area is 161 Å². The maximum absolute atomic E-state index is 12.7. The van der Waals surface area contributed by atoms with E-state index >= 15 is 0 Å². The van der Waals surface area contributed by atoms with Crippen LogP contribution in [0.2, 0.25) is 0 Å². The molecule has 0 atom stereocenters. The minimum Gasteiger partial charge on any atom is -0.390 e. The second kappa shape index (κ2) is 9.72. The third-order valence-electron chi connectivity index (χ3n) is 5.72. The number of nitrogens with one attached hydrogen (secondary N) is 2. The highest BCUT2D eigenvalue weighted by Crippen LogP contribution is 2.28. The van der Waals surface area contributed by atoms with E-state index in [9.17, 15) is 4.39 Å². The molecule has 1 fully saturated rings. The highest BCUT2D eigenvalue weighted by molar-refractivity contribution is 5.33. The van der Waals surface area contributed by atoms with Gasteiger partial charge in [0.1, 0.15) is 6.67 Å². The van der Waals surface area contributed by atoms with Crippen LogP contribution in [0.15, 0.2) is 35.7 Å². The highest BCUT2D eigenvalue weighted by atomic mass is 19.1. The lowest BCUT2D eigenvalue weighted by Gasteiger charge is -2.34. The number of hydrazine groups is 1. The van der Waals surface area contributed by atoms with Crippen molar-refractivity contribution >= 4 is 0 Å². The summed E-state index contributed by atoms with van der Waals surface area (Å²) in [4.78, 5) is 2.20. The van der Waals surface area contributed by atoms with Crippen LogP contribution in [0.4, 0.5) is 4.39 Å². The SMILES string of the molecule is CNC1=C(NN2CCC(c3ccc(C#N)cc3)CC2)CCN(CCF)CC1. The zero-order valence-electron chi connectivity index (χ0n) is 16.2. The van der Waals surface area contributed by atoms with Gasteiger partial charge in [0.2, 0.25) is 0 Å². The quantitative estimate of drug-likeness (QED) is 0.805. The predicted octanol–water partition coefficient (Wildman–Crippen LogP) is 2.74. The van der Waals surface area contributed by atoms with Crippen molar-refractivity contribution in [1.29, 1.82) is 5.26 Å². The predicted molar refractivity (Wildman–Crippen MR) is 106 cm³/mol. The van der Waals surface area contributed by atoms with Gasteiger partial charge in [0.25, 0.3) is 0 Å². The summed E-state index contributed by atoms with van der Waals surface area (Å²) in [5, 5.41) is 14.6. The Morgan fingerprint density at radius 3 is 2.33 bits per heavy atom. The molecule has 2 aliphatic heterocycles. The number of nitriles is 1. The van der Waals surface area contributed by atoms with E-state index in [1.807, 2.05) is 19.2 Å². The number of benzene rings is 1. The first-order valence-corrected chi connectivity index (χ1v) is 9.93. The molecule has 0 unspecified atom stereocenters. The van der Waals surface area contributed by atoms with E-state index in [1.54, 1.807) is 0 Å². The Morgan fingerprint density at radius 2 is 1.74 bits per heavy atom. The van der Waals surface area contributed by atoms with Gasteiger partial charge in [0.05, 0.1) is 11.6 Å². The maximum atomic E-state index is 12.7. The van der Waals surface area contributed by atoms with E-state index in [2.05, 4.69) is 38.9 Å². The summed E-state index contributed by atoms with van der Waals surface area (Å²) in [7, 11) is 1.97. The van der Waals surface area contributed by atoms with Crippen LogP contribution in [-0.2, 0) is 0 Å². The second-order valence-corrected chi connectivity index (χ2v) is 7.34. The van der Waals surface area contributed by atoms with Gasteiger partial charge in [-0.05, 0) is 36.5 Å². The fourth-order valence-electron chi connectivity index (χ4n) is 4.04. The lowest BCUT2D eigenvalue weighted by Crippen LogP contribution is -2.43. The van der Waals surface area contributed by atoms with Crippen molar-refractivity contribution in [2.75, 3.05) is 46.4 Å². The first-order valence-electron chi connectivity index (χ1n) is 9.93. The average molecular weight is 372 g/mol. The molecule has 146 valence electrons. The Bertz CT molecular complexity index is 671. The topological polar surface area (TPSA) is 54.3 Å². The molecule has 2 N–H and O–H groups in total. The largest absolute Gasteiger partial charge is 0.390 e. The highest BCUT2D eigenvalue weighted by Gasteiger charge is 2.23. The molecule has 27 heavy (non-hydrogen) atoms. The number of nitrogens with zero attached hydrogens (tertiary/aromatic N) is 3. The Balaban J connectivity index is 1.54. The van der Waals surface area contributed by atoms with Crippen LogP contribution in [-0.4, -0.2) is 56.4 Å². The zero-order chi connectivity index (χ0) is 19.1. The number of piperidine rings is 1. The number of halogens is 1. The molecule has 3 rings (SSSR count). The van der Waals surface area contributed by atoms with Crippen molar-refractivity contribution in [3.8, 4) is 6.07 Å². The van der Waals surface area contributed by atoms with E-state index in [0.29, 0.717) is 12.5 Å². The summed E-state index contributed by atoms with van der Waals surface area (Å²) in [6.45, 7) is 4.06. The Hall–Kier alpha value is -2.10. The van der Waals surface area contributed by atoms with E-state index in [4.69, 9.17) is 5.26 Å². The smallest absolute Gasteiger partial charge is 0.102 e. The summed E-state index contributed by atoms with van der Waals surface area (Å²) in [6, 6.07) is 10.2. The zero-order valence-corrected chi connectivity index (χ0v) is 16.2. The molecule has 0 bridgehead atoms. The number of hydrogen-bond donors (Lipinski definition) is 2. The molecule has 5 nitrogen and oxygen atoms in total. The number of alkyl halides is 1. The van der Waals surface area contributed by atoms with E-state index in [-0.39, 0.29) is 6.67 Å². The van der Waals surface area contributed by atoms with Gasteiger partial charge in [-0.15, -0.1) is 0 Å². The monoisotopic (exact) mass is 371 g/mol. The minimum absolute atomic E-state index is 0.277. The number of rotatable bonds is 6. The molecule has 0 spiro atoms. The molecule has 0 radical (unpaired) electrons. The molecule has 0 amide bonds. The Morgan fingerprint density at radius 1 is 1.07 bits per heavy atom. The summed E-state index contributed by atoms with van der Waals surface area (Å²) >= 11 is 0. The van der Waals surface area contributed by atoms with E-state index in [1.165, 1.54) is 17.0 Å². The van der Waals surface area contributed by atoms with Gasteiger partial charge in [-0.3, -0.25) is 4.90 Å². The fourth-order valence-corrected chi connectivity index (χ4v) is 4.04. The first kappa shape index (κ1) is 19.7. The van der Waals surface area contributed by atoms with Crippen LogP contribution < -0.4 is 10.7 Å². The molecule has 0 aromatic heterocycles. The molecular weight excluding hydrogens is 341 g/mol. The van der Waals surface area contributed by atoms with Crippen LogP contribution >= 0.6 is 0 Å². The molecular formula is C21H30FN5. The standard InChI is InChI=1S/C21H30FN5/c1-24-20-8-11-26(15-10-22)12-9-21(20)25-27-13-6-19(7-14-27)18-4-2-17(16-23)3-5-18/h2-5,19,24-25H,6-15H2,1H3. The number of hydrogen-bond acceptors (Lipinski definition) is 5. The van der Waals surface area contributed by atoms with Crippen LogP contribution in [0.25, 0.3) is 0 Å². The molecule has 2 aliphatic rings. The molecule has 1 aromatic carbocycles. The van der Waals surface area contributed by atoms with Crippen molar-refractivity contribution in [1.82, 2.24) is 20.7 Å². The summed E-state index contributed by atoms with van der Waals surface area (Å²) in [5.41, 5.74) is 8.18. The lowest BCUT2D eigenvalue weighted by atomic mass is 9.89. The fraction of sp³-hybridized carbons (Fsp3) is 0.571. The van der Waals surface area contributed by atoms with Crippen molar-refractivity contribution < 1.29 is 4.39 Å². The van der Waals surface area contributed by atoms with Crippen molar-refractivity contribution in [2.45, 2.75) is 31.6 Å².